The van der Waals surface area contributed by atoms with Crippen LogP contribution in [0, 0.1) is 0 Å². The maximum absolute atomic E-state index is 13.1. The summed E-state index contributed by atoms with van der Waals surface area (Å²) in [5.74, 6) is -0.722. The maximum atomic E-state index is 13.1. The number of hydrogen-bond acceptors (Lipinski definition) is 10. The van der Waals surface area contributed by atoms with Gasteiger partial charge in [-0.2, -0.15) is 0 Å². The van der Waals surface area contributed by atoms with Gasteiger partial charge in [-0.25, -0.2) is 0 Å². The Morgan fingerprint density at radius 1 is 0.540 bits per heavy atom. The molecular formula is C52H99NO10. The number of rotatable bonds is 44. The van der Waals surface area contributed by atoms with E-state index in [9.17, 15) is 40.5 Å². The highest BCUT2D eigenvalue weighted by atomic mass is 16.7. The molecule has 63 heavy (non-hydrogen) atoms. The lowest BCUT2D eigenvalue weighted by Crippen LogP contribution is -2.60. The number of carbonyl (C=O) groups is 1. The molecule has 1 rings (SSSR count). The van der Waals surface area contributed by atoms with Crippen molar-refractivity contribution in [1.82, 2.24) is 5.32 Å². The molecule has 0 aromatic carbocycles. The maximum Gasteiger partial charge on any atom is 0.249 e. The molecule has 0 aliphatic carbocycles. The fourth-order valence-electron chi connectivity index (χ4n) is 8.38. The number of unbranched alkanes of at least 4 members (excludes halogenated alkanes) is 28. The summed E-state index contributed by atoms with van der Waals surface area (Å²) in [5.41, 5.74) is 0. The molecule has 0 aromatic rings. The number of aliphatic hydroxyl groups excluding tert-OH is 7. The van der Waals surface area contributed by atoms with E-state index in [4.69, 9.17) is 9.47 Å². The SMILES string of the molecule is CCCCCCCC/C=C\CCCCC(O)C(=O)NC(COC1OC(CO)C(O)C(O)C1O)C(O)C(O)CCC/C=C/CCCCCCCCCCCCCCCCCCCCC. The molecule has 0 saturated carbocycles. The lowest BCUT2D eigenvalue weighted by Gasteiger charge is -2.40. The second-order valence-corrected chi connectivity index (χ2v) is 18.6. The van der Waals surface area contributed by atoms with Crippen molar-refractivity contribution in [3.63, 3.8) is 0 Å². The third-order valence-corrected chi connectivity index (χ3v) is 12.7. The fraction of sp³-hybridized carbons (Fsp3) is 0.904. The van der Waals surface area contributed by atoms with Gasteiger partial charge in [-0.3, -0.25) is 4.79 Å². The Kier molecular flexibility index (Phi) is 39.7. The Bertz CT molecular complexity index is 1080. The molecule has 0 radical (unpaired) electrons. The fourth-order valence-corrected chi connectivity index (χ4v) is 8.38. The van der Waals surface area contributed by atoms with E-state index in [1.54, 1.807) is 0 Å². The van der Waals surface area contributed by atoms with Crippen LogP contribution in [-0.4, -0.2) is 110 Å². The van der Waals surface area contributed by atoms with E-state index in [1.165, 1.54) is 154 Å². The van der Waals surface area contributed by atoms with Gasteiger partial charge in [-0.15, -0.1) is 0 Å². The molecule has 0 aromatic heterocycles. The van der Waals surface area contributed by atoms with Crippen molar-refractivity contribution in [1.29, 1.82) is 0 Å². The molecule has 8 N–H and O–H groups in total. The van der Waals surface area contributed by atoms with Gasteiger partial charge in [0.1, 0.15) is 36.6 Å². The van der Waals surface area contributed by atoms with Crippen LogP contribution >= 0.6 is 0 Å². The quantitative estimate of drug-likeness (QED) is 0.0216. The Labute approximate surface area is 384 Å². The van der Waals surface area contributed by atoms with E-state index < -0.39 is 74.2 Å². The lowest BCUT2D eigenvalue weighted by atomic mass is 9.98. The van der Waals surface area contributed by atoms with E-state index in [1.807, 2.05) is 0 Å². The number of carbonyl (C=O) groups excluding carboxylic acids is 1. The van der Waals surface area contributed by atoms with Gasteiger partial charge in [0.05, 0.1) is 25.4 Å². The van der Waals surface area contributed by atoms with Gasteiger partial charge >= 0.3 is 0 Å². The van der Waals surface area contributed by atoms with Crippen molar-refractivity contribution in [2.24, 2.45) is 0 Å². The number of ether oxygens (including phenoxy) is 2. The second kappa shape index (κ2) is 42.0. The Morgan fingerprint density at radius 3 is 1.37 bits per heavy atom. The van der Waals surface area contributed by atoms with Crippen LogP contribution in [0.1, 0.15) is 232 Å². The zero-order chi connectivity index (χ0) is 46.2. The topological polar surface area (TPSA) is 189 Å². The molecular weight excluding hydrogens is 799 g/mol. The summed E-state index contributed by atoms with van der Waals surface area (Å²) in [6, 6.07) is -1.19. The summed E-state index contributed by atoms with van der Waals surface area (Å²) in [5, 5.41) is 75.7. The number of aliphatic hydroxyl groups is 7. The van der Waals surface area contributed by atoms with Crippen molar-refractivity contribution in [2.45, 2.75) is 287 Å². The van der Waals surface area contributed by atoms with Gasteiger partial charge in [0, 0.05) is 0 Å². The van der Waals surface area contributed by atoms with Gasteiger partial charge in [-0.1, -0.05) is 192 Å². The molecule has 1 amide bonds. The van der Waals surface area contributed by atoms with E-state index in [0.717, 1.165) is 38.5 Å². The monoisotopic (exact) mass is 898 g/mol. The highest BCUT2D eigenvalue weighted by molar-refractivity contribution is 5.80. The molecule has 9 atom stereocenters. The molecule has 372 valence electrons. The van der Waals surface area contributed by atoms with E-state index >= 15 is 0 Å². The van der Waals surface area contributed by atoms with Crippen LogP contribution < -0.4 is 5.32 Å². The molecule has 11 nitrogen and oxygen atoms in total. The minimum Gasteiger partial charge on any atom is -0.394 e. The number of nitrogens with one attached hydrogen (secondary N) is 1. The van der Waals surface area contributed by atoms with Gasteiger partial charge in [-0.05, 0) is 64.2 Å². The summed E-state index contributed by atoms with van der Waals surface area (Å²) >= 11 is 0. The first-order valence-electron chi connectivity index (χ1n) is 26.2. The highest BCUT2D eigenvalue weighted by Gasteiger charge is 2.44. The average molecular weight is 898 g/mol. The zero-order valence-corrected chi connectivity index (χ0v) is 40.3. The normalized spacial score (nSPS) is 21.3. The predicted octanol–water partition coefficient (Wildman–Crippen LogP) is 9.79. The molecule has 0 spiro atoms. The van der Waals surface area contributed by atoms with Gasteiger partial charge < -0.3 is 50.5 Å². The van der Waals surface area contributed by atoms with E-state index in [0.29, 0.717) is 12.8 Å². The van der Waals surface area contributed by atoms with Crippen molar-refractivity contribution in [3.05, 3.63) is 24.3 Å². The van der Waals surface area contributed by atoms with Gasteiger partial charge in [0.2, 0.25) is 5.91 Å². The van der Waals surface area contributed by atoms with E-state index in [2.05, 4.69) is 43.5 Å². The minimum atomic E-state index is -1.67. The largest absolute Gasteiger partial charge is 0.394 e. The van der Waals surface area contributed by atoms with Crippen LogP contribution in [-0.2, 0) is 14.3 Å². The van der Waals surface area contributed by atoms with Gasteiger partial charge in [0.25, 0.3) is 0 Å². The first-order chi connectivity index (χ1) is 30.7. The molecule has 1 saturated heterocycles. The summed E-state index contributed by atoms with van der Waals surface area (Å²) in [6.07, 6.45) is 36.8. The lowest BCUT2D eigenvalue weighted by molar-refractivity contribution is -0.303. The summed E-state index contributed by atoms with van der Waals surface area (Å²) < 4.78 is 11.1. The standard InChI is InChI=1S/C52H99NO10/c1-3-5-7-9-11-13-15-17-18-19-20-21-22-23-24-25-26-27-28-30-31-33-35-37-39-44(55)47(57)43(42-62-52-50(60)49(59)48(58)46(41-54)63-52)53-51(61)45(56)40-38-36-34-32-29-16-14-12-10-8-6-4-2/h29,31-33,43-50,52,54-60H,3-28,30,34-42H2,1-2H3,(H,53,61)/b32-29-,33-31+. The Balaban J connectivity index is 2.36. The van der Waals surface area contributed by atoms with Crippen LogP contribution in [0.3, 0.4) is 0 Å². The Hall–Kier alpha value is -1.41. The third-order valence-electron chi connectivity index (χ3n) is 12.7. The number of hydrogen-bond donors (Lipinski definition) is 8. The molecule has 11 heteroatoms. The molecule has 1 fully saturated rings. The smallest absolute Gasteiger partial charge is 0.249 e. The number of amides is 1. The minimum absolute atomic E-state index is 0.224. The zero-order valence-electron chi connectivity index (χ0n) is 40.3. The molecule has 1 aliphatic heterocycles. The summed E-state index contributed by atoms with van der Waals surface area (Å²) in [6.45, 7) is 3.42. The van der Waals surface area contributed by atoms with Crippen LogP contribution in [0.15, 0.2) is 24.3 Å². The van der Waals surface area contributed by atoms with Gasteiger partial charge in [0.15, 0.2) is 6.29 Å². The van der Waals surface area contributed by atoms with Crippen LogP contribution in [0.4, 0.5) is 0 Å². The van der Waals surface area contributed by atoms with E-state index in [-0.39, 0.29) is 12.8 Å². The third kappa shape index (κ3) is 31.2. The first-order valence-corrected chi connectivity index (χ1v) is 26.2. The molecule has 9 unspecified atom stereocenters. The van der Waals surface area contributed by atoms with Crippen molar-refractivity contribution >= 4 is 5.91 Å². The molecule has 0 bridgehead atoms. The second-order valence-electron chi connectivity index (χ2n) is 18.6. The van der Waals surface area contributed by atoms with Crippen LogP contribution in [0.5, 0.6) is 0 Å². The van der Waals surface area contributed by atoms with Crippen LogP contribution in [0.2, 0.25) is 0 Å². The highest BCUT2D eigenvalue weighted by Crippen LogP contribution is 2.23. The van der Waals surface area contributed by atoms with Crippen molar-refractivity contribution in [3.8, 4) is 0 Å². The first kappa shape index (κ1) is 59.6. The van der Waals surface area contributed by atoms with Crippen molar-refractivity contribution in [2.75, 3.05) is 13.2 Å². The Morgan fingerprint density at radius 2 is 0.937 bits per heavy atom. The predicted molar refractivity (Wildman–Crippen MR) is 256 cm³/mol. The molecule has 1 aliphatic rings. The average Bonchev–Trinajstić information content (AvgIpc) is 3.28. The van der Waals surface area contributed by atoms with Crippen LogP contribution in [0.25, 0.3) is 0 Å². The summed E-state index contributed by atoms with van der Waals surface area (Å²) in [7, 11) is 0. The summed E-state index contributed by atoms with van der Waals surface area (Å²) in [4.78, 5) is 13.1. The van der Waals surface area contributed by atoms with Crippen molar-refractivity contribution < 1.29 is 50.0 Å². The molecule has 1 heterocycles. The number of allylic oxidation sites excluding steroid dienone is 4.